The van der Waals surface area contributed by atoms with Gasteiger partial charge in [-0.25, -0.2) is 4.79 Å². The Labute approximate surface area is 115 Å². The maximum absolute atomic E-state index is 11.3. The molecule has 0 spiro atoms. The number of nitro groups is 1. The SMILES string of the molecule is COC(=O)C(C)Oc1cc([N+](=O)[O-])c(CO)cc1OC. The van der Waals surface area contributed by atoms with Crippen LogP contribution >= 0.6 is 0 Å². The van der Waals surface area contributed by atoms with E-state index in [1.807, 2.05) is 0 Å². The fraction of sp³-hybridized carbons (Fsp3) is 0.417. The number of benzene rings is 1. The molecule has 8 heteroatoms. The zero-order valence-electron chi connectivity index (χ0n) is 11.3. The normalized spacial score (nSPS) is 11.6. The van der Waals surface area contributed by atoms with Crippen molar-refractivity contribution >= 4 is 11.7 Å². The molecule has 0 fully saturated rings. The average Bonchev–Trinajstić information content (AvgIpc) is 2.45. The van der Waals surface area contributed by atoms with Crippen molar-refractivity contribution in [2.45, 2.75) is 19.6 Å². The highest BCUT2D eigenvalue weighted by Gasteiger charge is 2.22. The van der Waals surface area contributed by atoms with E-state index in [1.165, 1.54) is 27.2 Å². The van der Waals surface area contributed by atoms with Gasteiger partial charge in [0.1, 0.15) is 0 Å². The molecule has 0 bridgehead atoms. The van der Waals surface area contributed by atoms with Crippen LogP contribution in [0.1, 0.15) is 12.5 Å². The first kappa shape index (κ1) is 15.7. The van der Waals surface area contributed by atoms with Gasteiger partial charge in [-0.1, -0.05) is 0 Å². The third-order valence-corrected chi connectivity index (χ3v) is 2.57. The van der Waals surface area contributed by atoms with Crippen LogP contribution in [0.2, 0.25) is 0 Å². The van der Waals surface area contributed by atoms with E-state index < -0.39 is 23.6 Å². The molecule has 1 rings (SSSR count). The number of nitrogens with zero attached hydrogens (tertiary/aromatic N) is 1. The number of hydrogen-bond acceptors (Lipinski definition) is 7. The number of methoxy groups -OCH3 is 2. The maximum atomic E-state index is 11.3. The summed E-state index contributed by atoms with van der Waals surface area (Å²) in [6.45, 7) is 0.927. The number of ether oxygens (including phenoxy) is 3. The molecule has 1 aromatic carbocycles. The Balaban J connectivity index is 3.20. The van der Waals surface area contributed by atoms with Gasteiger partial charge in [-0.2, -0.15) is 0 Å². The van der Waals surface area contributed by atoms with E-state index >= 15 is 0 Å². The topological polar surface area (TPSA) is 108 Å². The van der Waals surface area contributed by atoms with Gasteiger partial charge in [0.15, 0.2) is 17.6 Å². The summed E-state index contributed by atoms with van der Waals surface area (Å²) in [5.41, 5.74) is -0.231. The van der Waals surface area contributed by atoms with Crippen molar-refractivity contribution in [2.24, 2.45) is 0 Å². The van der Waals surface area contributed by atoms with E-state index in [-0.39, 0.29) is 22.7 Å². The van der Waals surface area contributed by atoms with Crippen molar-refractivity contribution in [1.29, 1.82) is 0 Å². The van der Waals surface area contributed by atoms with Crippen molar-refractivity contribution in [1.82, 2.24) is 0 Å². The summed E-state index contributed by atoms with van der Waals surface area (Å²) in [5.74, 6) is -0.425. The van der Waals surface area contributed by atoms with Crippen LogP contribution in [0.25, 0.3) is 0 Å². The van der Waals surface area contributed by atoms with Crippen molar-refractivity contribution < 1.29 is 29.0 Å². The minimum atomic E-state index is -0.950. The lowest BCUT2D eigenvalue weighted by Gasteiger charge is -2.15. The molecular weight excluding hydrogens is 270 g/mol. The van der Waals surface area contributed by atoms with Crippen LogP contribution in [0, 0.1) is 10.1 Å². The number of carbonyl (C=O) groups is 1. The van der Waals surface area contributed by atoms with Crippen LogP contribution in [0.15, 0.2) is 12.1 Å². The smallest absolute Gasteiger partial charge is 0.346 e. The summed E-state index contributed by atoms with van der Waals surface area (Å²) < 4.78 is 14.8. The number of aliphatic hydroxyl groups is 1. The number of carbonyl (C=O) groups excluding carboxylic acids is 1. The predicted octanol–water partition coefficient (Wildman–Crippen LogP) is 1.04. The highest BCUT2D eigenvalue weighted by atomic mass is 16.6. The van der Waals surface area contributed by atoms with Gasteiger partial charge in [0.2, 0.25) is 0 Å². The van der Waals surface area contributed by atoms with Crippen molar-refractivity contribution in [3.63, 3.8) is 0 Å². The molecule has 110 valence electrons. The molecular formula is C12H15NO7. The number of esters is 1. The number of hydrogen-bond donors (Lipinski definition) is 1. The van der Waals surface area contributed by atoms with Gasteiger partial charge in [0, 0.05) is 0 Å². The lowest BCUT2D eigenvalue weighted by molar-refractivity contribution is -0.386. The largest absolute Gasteiger partial charge is 0.493 e. The Morgan fingerprint density at radius 1 is 1.40 bits per heavy atom. The van der Waals surface area contributed by atoms with Gasteiger partial charge in [0.25, 0.3) is 5.69 Å². The van der Waals surface area contributed by atoms with Gasteiger partial charge >= 0.3 is 5.97 Å². The van der Waals surface area contributed by atoms with Crippen molar-refractivity contribution in [3.05, 3.63) is 27.8 Å². The number of aliphatic hydroxyl groups excluding tert-OH is 1. The van der Waals surface area contributed by atoms with E-state index in [2.05, 4.69) is 4.74 Å². The van der Waals surface area contributed by atoms with E-state index in [9.17, 15) is 14.9 Å². The van der Waals surface area contributed by atoms with Crippen LogP contribution in [0.3, 0.4) is 0 Å². The second-order valence-electron chi connectivity index (χ2n) is 3.83. The molecule has 0 heterocycles. The molecule has 0 aromatic heterocycles. The molecule has 0 aliphatic heterocycles. The summed E-state index contributed by atoms with van der Waals surface area (Å²) in [4.78, 5) is 21.6. The van der Waals surface area contributed by atoms with Crippen molar-refractivity contribution in [3.8, 4) is 11.5 Å². The molecule has 1 N–H and O–H groups in total. The van der Waals surface area contributed by atoms with E-state index in [1.54, 1.807) is 0 Å². The highest BCUT2D eigenvalue weighted by molar-refractivity contribution is 5.74. The molecule has 0 amide bonds. The average molecular weight is 285 g/mol. The van der Waals surface area contributed by atoms with Gasteiger partial charge in [0.05, 0.1) is 37.4 Å². The van der Waals surface area contributed by atoms with E-state index in [0.29, 0.717) is 0 Å². The number of nitro benzene ring substituents is 1. The minimum Gasteiger partial charge on any atom is -0.493 e. The maximum Gasteiger partial charge on any atom is 0.346 e. The lowest BCUT2D eigenvalue weighted by atomic mass is 10.1. The van der Waals surface area contributed by atoms with Crippen LogP contribution < -0.4 is 9.47 Å². The third-order valence-electron chi connectivity index (χ3n) is 2.57. The Bertz CT molecular complexity index is 515. The molecule has 1 aromatic rings. The summed E-state index contributed by atoms with van der Waals surface area (Å²) in [6.07, 6.45) is -0.950. The van der Waals surface area contributed by atoms with Gasteiger partial charge in [-0.15, -0.1) is 0 Å². The molecule has 20 heavy (non-hydrogen) atoms. The molecule has 1 unspecified atom stereocenters. The van der Waals surface area contributed by atoms with E-state index in [0.717, 1.165) is 6.07 Å². The fourth-order valence-electron chi connectivity index (χ4n) is 1.54. The molecule has 0 saturated heterocycles. The third kappa shape index (κ3) is 3.35. The summed E-state index contributed by atoms with van der Waals surface area (Å²) in [7, 11) is 2.55. The molecule has 8 nitrogen and oxygen atoms in total. The second kappa shape index (κ2) is 6.71. The monoisotopic (exact) mass is 285 g/mol. The molecule has 0 aliphatic carbocycles. The highest BCUT2D eigenvalue weighted by Crippen LogP contribution is 2.35. The Hall–Kier alpha value is -2.35. The minimum absolute atomic E-state index is 0.0225. The zero-order valence-corrected chi connectivity index (χ0v) is 11.3. The first-order valence-electron chi connectivity index (χ1n) is 5.65. The molecule has 0 radical (unpaired) electrons. The summed E-state index contributed by atoms with van der Waals surface area (Å²) in [5, 5.41) is 20.0. The first-order chi connectivity index (χ1) is 9.44. The first-order valence-corrected chi connectivity index (χ1v) is 5.65. The Morgan fingerprint density at radius 3 is 2.50 bits per heavy atom. The Kier molecular flexibility index (Phi) is 5.27. The van der Waals surface area contributed by atoms with Crippen LogP contribution in [0.5, 0.6) is 11.5 Å². The fourth-order valence-corrected chi connectivity index (χ4v) is 1.54. The van der Waals surface area contributed by atoms with Crippen LogP contribution in [-0.4, -0.2) is 36.3 Å². The van der Waals surface area contributed by atoms with E-state index in [4.69, 9.17) is 14.6 Å². The summed E-state index contributed by atoms with van der Waals surface area (Å²) >= 11 is 0. The van der Waals surface area contributed by atoms with Crippen molar-refractivity contribution in [2.75, 3.05) is 14.2 Å². The summed E-state index contributed by atoms with van der Waals surface area (Å²) in [6, 6.07) is 2.39. The van der Waals surface area contributed by atoms with Crippen LogP contribution in [-0.2, 0) is 16.1 Å². The predicted molar refractivity (Wildman–Crippen MR) is 67.7 cm³/mol. The van der Waals surface area contributed by atoms with Gasteiger partial charge in [-0.3, -0.25) is 10.1 Å². The molecule has 0 saturated carbocycles. The second-order valence-corrected chi connectivity index (χ2v) is 3.83. The standard InChI is InChI=1S/C12H15NO7/c1-7(12(15)19-3)20-11-5-9(13(16)17)8(6-14)4-10(11)18-2/h4-5,7,14H,6H2,1-3H3. The molecule has 0 aliphatic rings. The zero-order chi connectivity index (χ0) is 15.3. The van der Waals surface area contributed by atoms with Crippen LogP contribution in [0.4, 0.5) is 5.69 Å². The lowest BCUT2D eigenvalue weighted by Crippen LogP contribution is -2.25. The quantitative estimate of drug-likeness (QED) is 0.472. The Morgan fingerprint density at radius 2 is 2.05 bits per heavy atom. The van der Waals surface area contributed by atoms with Gasteiger partial charge < -0.3 is 19.3 Å². The molecule has 1 atom stereocenters. The number of rotatable bonds is 6. The van der Waals surface area contributed by atoms with Gasteiger partial charge in [-0.05, 0) is 13.0 Å².